The van der Waals surface area contributed by atoms with Crippen molar-refractivity contribution in [2.24, 2.45) is 0 Å². The molecule has 2 aromatic rings. The predicted octanol–water partition coefficient (Wildman–Crippen LogP) is 7.46. The van der Waals surface area contributed by atoms with Gasteiger partial charge in [0.25, 0.3) is 0 Å². The summed E-state index contributed by atoms with van der Waals surface area (Å²) in [6, 6.07) is 11.5. The first kappa shape index (κ1) is 26.5. The molecule has 0 spiro atoms. The van der Waals surface area contributed by atoms with E-state index in [-0.39, 0.29) is 0 Å². The van der Waals surface area contributed by atoms with Crippen LogP contribution in [0.4, 0.5) is 0 Å². The van der Waals surface area contributed by atoms with Gasteiger partial charge in [0.1, 0.15) is 11.5 Å². The number of hydrogen-bond acceptors (Lipinski definition) is 2. The van der Waals surface area contributed by atoms with Crippen LogP contribution in [0.15, 0.2) is 36.4 Å². The van der Waals surface area contributed by atoms with Crippen LogP contribution in [-0.4, -0.2) is 10.2 Å². The molecule has 0 aliphatic rings. The molecule has 0 aliphatic heterocycles. The van der Waals surface area contributed by atoms with Crippen molar-refractivity contribution in [2.45, 2.75) is 66.2 Å². The summed E-state index contributed by atoms with van der Waals surface area (Å²) in [7, 11) is 9.87. The molecule has 0 saturated heterocycles. The Hall–Kier alpha value is -0.497. The Kier molecular flexibility index (Phi) is 16.2. The summed E-state index contributed by atoms with van der Waals surface area (Å²) < 4.78 is 0. The molecule has 27 heavy (non-hydrogen) atoms. The van der Waals surface area contributed by atoms with Crippen LogP contribution < -0.4 is 0 Å². The predicted molar refractivity (Wildman–Crippen MR) is 115 cm³/mol. The van der Waals surface area contributed by atoms with E-state index in [1.165, 1.54) is 24.0 Å². The van der Waals surface area contributed by atoms with Gasteiger partial charge in [-0.05, 0) is 62.8 Å². The van der Waals surface area contributed by atoms with E-state index in [2.05, 4.69) is 39.8 Å². The van der Waals surface area contributed by atoms with Gasteiger partial charge in [0, 0.05) is 0 Å². The van der Waals surface area contributed by atoms with Gasteiger partial charge in [0.15, 0.2) is 0 Å². The summed E-state index contributed by atoms with van der Waals surface area (Å²) in [5.74, 6) is 0.878. The molecular formula is C22H32Cl2O2Zr. The fourth-order valence-electron chi connectivity index (χ4n) is 2.56. The molecule has 0 bridgehead atoms. The Morgan fingerprint density at radius 1 is 0.741 bits per heavy atom. The molecule has 0 amide bonds. The molecule has 0 aromatic heterocycles. The third-order valence-electron chi connectivity index (χ3n) is 4.07. The Morgan fingerprint density at radius 3 is 1.37 bits per heavy atom. The van der Waals surface area contributed by atoms with Gasteiger partial charge in [-0.15, -0.1) is 0 Å². The molecule has 0 fully saturated rings. The number of aromatic hydroxyl groups is 2. The van der Waals surface area contributed by atoms with Crippen LogP contribution in [-0.2, 0) is 33.7 Å². The monoisotopic (exact) mass is 488 g/mol. The Balaban J connectivity index is 0.000000438. The van der Waals surface area contributed by atoms with E-state index in [0.29, 0.717) is 11.5 Å². The Morgan fingerprint density at radius 2 is 1.07 bits per heavy atom. The van der Waals surface area contributed by atoms with E-state index >= 15 is 0 Å². The summed E-state index contributed by atoms with van der Waals surface area (Å²) in [4.78, 5) is 0. The molecule has 150 valence electrons. The molecule has 5 heteroatoms. The second kappa shape index (κ2) is 16.5. The van der Waals surface area contributed by atoms with Gasteiger partial charge < -0.3 is 10.2 Å². The van der Waals surface area contributed by atoms with Gasteiger partial charge >= 0.3 is 37.9 Å². The molecule has 0 saturated carbocycles. The molecule has 2 aromatic carbocycles. The Bertz CT molecular complexity index is 593. The SMILES string of the molecule is CCCCc1cc(C)ccc1O.CCCCc1cc(C)ccc1O.[Cl][Zr][Cl]. The summed E-state index contributed by atoms with van der Waals surface area (Å²) in [5.41, 5.74) is 4.60. The van der Waals surface area contributed by atoms with Crippen molar-refractivity contribution >= 4 is 17.0 Å². The minimum absolute atomic E-state index is 0.439. The van der Waals surface area contributed by atoms with Crippen molar-refractivity contribution in [3.8, 4) is 11.5 Å². The molecule has 0 unspecified atom stereocenters. The minimum atomic E-state index is -0.826. The number of phenolic OH excluding ortho intramolecular Hbond substituents is 2. The van der Waals surface area contributed by atoms with Gasteiger partial charge in [-0.1, -0.05) is 62.1 Å². The maximum absolute atomic E-state index is 9.46. The third-order valence-corrected chi connectivity index (χ3v) is 4.07. The number of halogens is 2. The maximum atomic E-state index is 9.46. The number of rotatable bonds is 6. The zero-order valence-corrected chi connectivity index (χ0v) is 20.8. The van der Waals surface area contributed by atoms with Crippen molar-refractivity contribution in [3.05, 3.63) is 58.7 Å². The fourth-order valence-corrected chi connectivity index (χ4v) is 2.56. The van der Waals surface area contributed by atoms with Crippen LogP contribution in [0.25, 0.3) is 0 Å². The molecule has 0 aliphatic carbocycles. The number of hydrogen-bond donors (Lipinski definition) is 2. The van der Waals surface area contributed by atoms with E-state index in [9.17, 15) is 10.2 Å². The normalized spacial score (nSPS) is 9.56. The van der Waals surface area contributed by atoms with E-state index in [1.54, 1.807) is 12.1 Å². The number of benzene rings is 2. The van der Waals surface area contributed by atoms with Crippen LogP contribution in [0.1, 0.15) is 61.8 Å². The molecule has 0 atom stereocenters. The molecule has 2 nitrogen and oxygen atoms in total. The fraction of sp³-hybridized carbons (Fsp3) is 0.455. The van der Waals surface area contributed by atoms with Crippen molar-refractivity contribution in [3.63, 3.8) is 0 Å². The summed E-state index contributed by atoms with van der Waals surface area (Å²) in [6.07, 6.45) is 6.63. The first-order valence-electron chi connectivity index (χ1n) is 9.42. The van der Waals surface area contributed by atoms with Gasteiger partial charge in [-0.2, -0.15) is 0 Å². The number of aryl methyl sites for hydroxylation is 4. The summed E-state index contributed by atoms with van der Waals surface area (Å²) >= 11 is -0.826. The third kappa shape index (κ3) is 12.6. The second-order valence-corrected chi connectivity index (χ2v) is 10.3. The van der Waals surface area contributed by atoms with Crippen LogP contribution in [0.2, 0.25) is 0 Å². The molecule has 2 N–H and O–H groups in total. The molecular weight excluding hydrogens is 458 g/mol. The van der Waals surface area contributed by atoms with Crippen LogP contribution >= 0.6 is 17.0 Å². The van der Waals surface area contributed by atoms with Crippen LogP contribution in [0, 0.1) is 13.8 Å². The van der Waals surface area contributed by atoms with E-state index < -0.39 is 20.8 Å². The van der Waals surface area contributed by atoms with Crippen molar-refractivity contribution in [1.82, 2.24) is 0 Å². The number of unbranched alkanes of at least 4 members (excludes halogenated alkanes) is 2. The van der Waals surface area contributed by atoms with E-state index in [0.717, 1.165) is 36.8 Å². The van der Waals surface area contributed by atoms with Gasteiger partial charge in [0.2, 0.25) is 0 Å². The first-order valence-corrected chi connectivity index (χ1v) is 15.8. The van der Waals surface area contributed by atoms with Gasteiger partial charge in [-0.25, -0.2) is 0 Å². The zero-order chi connectivity index (χ0) is 20.7. The van der Waals surface area contributed by atoms with E-state index in [4.69, 9.17) is 17.0 Å². The second-order valence-electron chi connectivity index (χ2n) is 6.54. The molecule has 0 heterocycles. The number of phenols is 2. The van der Waals surface area contributed by atoms with Crippen molar-refractivity contribution < 1.29 is 31.1 Å². The average Bonchev–Trinajstić information content (AvgIpc) is 2.64. The molecule has 0 radical (unpaired) electrons. The zero-order valence-electron chi connectivity index (χ0n) is 16.9. The topological polar surface area (TPSA) is 40.5 Å². The van der Waals surface area contributed by atoms with Gasteiger partial charge in [-0.3, -0.25) is 0 Å². The summed E-state index contributed by atoms with van der Waals surface area (Å²) in [5, 5.41) is 18.9. The van der Waals surface area contributed by atoms with Crippen molar-refractivity contribution in [2.75, 3.05) is 0 Å². The first-order chi connectivity index (χ1) is 12.9. The standard InChI is InChI=1S/2C11H16O.2ClH.Zr/c2*1-3-4-5-10-8-9(2)6-7-11(10)12;;;/h2*6-8,12H,3-5H2,1-2H3;2*1H;/q;;;;+2/p-2. The average molecular weight is 491 g/mol. The molecule has 2 rings (SSSR count). The Labute approximate surface area is 183 Å². The quantitative estimate of drug-likeness (QED) is 0.441. The summed E-state index contributed by atoms with van der Waals surface area (Å²) in [6.45, 7) is 8.42. The van der Waals surface area contributed by atoms with Gasteiger partial charge in [0.05, 0.1) is 0 Å². The van der Waals surface area contributed by atoms with Crippen molar-refractivity contribution in [1.29, 1.82) is 0 Å². The van der Waals surface area contributed by atoms with E-state index in [1.807, 2.05) is 12.1 Å². The van der Waals surface area contributed by atoms with Crippen LogP contribution in [0.5, 0.6) is 11.5 Å². The van der Waals surface area contributed by atoms with Crippen LogP contribution in [0.3, 0.4) is 0 Å².